The van der Waals surface area contributed by atoms with Gasteiger partial charge in [0, 0.05) is 16.1 Å². The molecule has 1 amide bonds. The van der Waals surface area contributed by atoms with E-state index in [2.05, 4.69) is 11.1 Å². The van der Waals surface area contributed by atoms with Crippen molar-refractivity contribution in [1.82, 2.24) is 9.97 Å². The molecule has 0 bridgehead atoms. The molecule has 0 spiro atoms. The fraction of sp³-hybridized carbons (Fsp3) is 0.0417. The number of rotatable bonds is 2. The van der Waals surface area contributed by atoms with Crippen LogP contribution in [0.4, 0.5) is 11.4 Å². The Bertz CT molecular complexity index is 1450. The normalized spacial score (nSPS) is 12.8. The smallest absolute Gasteiger partial charge is 0.241 e. The first-order chi connectivity index (χ1) is 15.2. The number of hydrogen-bond donors (Lipinski definition) is 0. The SMILES string of the molecule is N#Cc1cc2c(cc1C#N)N(c1cccc(-c3cnc4ccccc4n3)c1)C(=O)CS2. The van der Waals surface area contributed by atoms with Gasteiger partial charge < -0.3 is 0 Å². The first-order valence-electron chi connectivity index (χ1n) is 9.44. The third kappa shape index (κ3) is 3.28. The predicted octanol–water partition coefficient (Wildman–Crippen LogP) is 4.81. The van der Waals surface area contributed by atoms with Gasteiger partial charge in [0.25, 0.3) is 0 Å². The van der Waals surface area contributed by atoms with Crippen LogP contribution >= 0.6 is 11.8 Å². The number of benzene rings is 3. The molecule has 1 aromatic heterocycles. The Morgan fingerprint density at radius 1 is 0.935 bits per heavy atom. The average Bonchev–Trinajstić information content (AvgIpc) is 2.82. The van der Waals surface area contributed by atoms with Gasteiger partial charge in [-0.15, -0.1) is 11.8 Å². The van der Waals surface area contributed by atoms with Crippen molar-refractivity contribution in [3.05, 3.63) is 78.0 Å². The number of aromatic nitrogens is 2. The second-order valence-electron chi connectivity index (χ2n) is 6.90. The summed E-state index contributed by atoms with van der Waals surface area (Å²) in [5.74, 6) is 0.164. The molecule has 0 saturated carbocycles. The molecule has 0 fully saturated rings. The van der Waals surface area contributed by atoms with Gasteiger partial charge in [-0.3, -0.25) is 14.7 Å². The zero-order valence-corrected chi connectivity index (χ0v) is 16.9. The van der Waals surface area contributed by atoms with E-state index in [0.29, 0.717) is 22.6 Å². The van der Waals surface area contributed by atoms with Crippen LogP contribution in [-0.4, -0.2) is 21.6 Å². The van der Waals surface area contributed by atoms with E-state index in [1.807, 2.05) is 54.6 Å². The molecule has 5 rings (SSSR count). The van der Waals surface area contributed by atoms with Gasteiger partial charge in [0.15, 0.2) is 0 Å². The molecule has 7 heteroatoms. The quantitative estimate of drug-likeness (QED) is 0.463. The van der Waals surface area contributed by atoms with Crippen LogP contribution in [0.5, 0.6) is 0 Å². The van der Waals surface area contributed by atoms with E-state index in [4.69, 9.17) is 4.98 Å². The number of thioether (sulfide) groups is 1. The number of nitriles is 2. The minimum absolute atomic E-state index is 0.0900. The topological polar surface area (TPSA) is 93.7 Å². The molecule has 0 unspecified atom stereocenters. The van der Waals surface area contributed by atoms with Gasteiger partial charge in [-0.1, -0.05) is 24.3 Å². The lowest BCUT2D eigenvalue weighted by Gasteiger charge is -2.29. The van der Waals surface area contributed by atoms with Crippen molar-refractivity contribution >= 4 is 40.1 Å². The Labute approximate surface area is 182 Å². The lowest BCUT2D eigenvalue weighted by Crippen LogP contribution is -2.31. The van der Waals surface area contributed by atoms with Crippen LogP contribution in [-0.2, 0) is 4.79 Å². The molecule has 0 atom stereocenters. The molecule has 2 heterocycles. The highest BCUT2D eigenvalue weighted by molar-refractivity contribution is 8.00. The van der Waals surface area contributed by atoms with Gasteiger partial charge >= 0.3 is 0 Å². The minimum atomic E-state index is -0.0900. The number of nitrogens with zero attached hydrogens (tertiary/aromatic N) is 5. The van der Waals surface area contributed by atoms with E-state index >= 15 is 0 Å². The molecule has 0 aliphatic carbocycles. The standard InChI is InChI=1S/C24H13N5OS/c25-11-16-9-22-23(10-17(16)12-26)31-14-24(30)29(22)18-5-3-4-15(8-18)21-13-27-19-6-1-2-7-20(19)28-21/h1-10,13H,14H2. The Hall–Kier alpha value is -4.20. The van der Waals surface area contributed by atoms with Crippen molar-refractivity contribution in [3.8, 4) is 23.4 Å². The Balaban J connectivity index is 1.62. The summed E-state index contributed by atoms with van der Waals surface area (Å²) >= 11 is 1.37. The van der Waals surface area contributed by atoms with Gasteiger partial charge in [-0.25, -0.2) is 4.98 Å². The van der Waals surface area contributed by atoms with Crippen molar-refractivity contribution in [1.29, 1.82) is 10.5 Å². The molecule has 0 radical (unpaired) electrons. The average molecular weight is 419 g/mol. The lowest BCUT2D eigenvalue weighted by molar-refractivity contribution is -0.115. The second kappa shape index (κ2) is 7.56. The molecule has 1 aliphatic rings. The highest BCUT2D eigenvalue weighted by Crippen LogP contribution is 2.41. The zero-order chi connectivity index (χ0) is 21.4. The van der Waals surface area contributed by atoms with Gasteiger partial charge in [-0.2, -0.15) is 10.5 Å². The van der Waals surface area contributed by atoms with Gasteiger partial charge in [0.05, 0.1) is 45.5 Å². The number of anilines is 2. The molecule has 1 aliphatic heterocycles. The van der Waals surface area contributed by atoms with Crippen LogP contribution in [0.1, 0.15) is 11.1 Å². The zero-order valence-electron chi connectivity index (χ0n) is 16.1. The minimum Gasteiger partial charge on any atom is -0.279 e. The molecule has 31 heavy (non-hydrogen) atoms. The number of fused-ring (bicyclic) bond motifs is 2. The van der Waals surface area contributed by atoms with E-state index in [0.717, 1.165) is 21.5 Å². The summed E-state index contributed by atoms with van der Waals surface area (Å²) in [4.78, 5) is 24.4. The van der Waals surface area contributed by atoms with Crippen molar-refractivity contribution < 1.29 is 4.79 Å². The van der Waals surface area contributed by atoms with E-state index in [-0.39, 0.29) is 17.2 Å². The maximum Gasteiger partial charge on any atom is 0.241 e. The van der Waals surface area contributed by atoms with Gasteiger partial charge in [-0.05, 0) is 36.4 Å². The predicted molar refractivity (Wildman–Crippen MR) is 119 cm³/mol. The number of carbonyl (C=O) groups is 1. The van der Waals surface area contributed by atoms with E-state index in [1.54, 1.807) is 23.2 Å². The summed E-state index contributed by atoms with van der Waals surface area (Å²) in [6.45, 7) is 0. The fourth-order valence-electron chi connectivity index (χ4n) is 3.57. The molecular formula is C24H13N5OS. The van der Waals surface area contributed by atoms with Crippen LogP contribution in [0.25, 0.3) is 22.3 Å². The summed E-state index contributed by atoms with van der Waals surface area (Å²) < 4.78 is 0. The highest BCUT2D eigenvalue weighted by Gasteiger charge is 2.28. The summed E-state index contributed by atoms with van der Waals surface area (Å²) in [6, 6.07) is 22.6. The van der Waals surface area contributed by atoms with Crippen molar-refractivity contribution in [2.45, 2.75) is 4.90 Å². The molecule has 4 aromatic rings. The van der Waals surface area contributed by atoms with Crippen LogP contribution in [0.3, 0.4) is 0 Å². The third-order valence-electron chi connectivity index (χ3n) is 5.03. The molecule has 3 aromatic carbocycles. The number of hydrogen-bond acceptors (Lipinski definition) is 6. The van der Waals surface area contributed by atoms with Crippen LogP contribution < -0.4 is 4.90 Å². The van der Waals surface area contributed by atoms with Crippen LogP contribution in [0, 0.1) is 22.7 Å². The number of carbonyl (C=O) groups excluding carboxylic acids is 1. The summed E-state index contributed by atoms with van der Waals surface area (Å²) in [6.07, 6.45) is 1.72. The fourth-order valence-corrected chi connectivity index (χ4v) is 4.47. The summed E-state index contributed by atoms with van der Waals surface area (Å²) in [5.41, 5.74) is 4.99. The van der Waals surface area contributed by atoms with Gasteiger partial charge in [0.2, 0.25) is 5.91 Å². The first kappa shape index (κ1) is 18.8. The second-order valence-corrected chi connectivity index (χ2v) is 7.92. The maximum absolute atomic E-state index is 12.9. The number of amides is 1. The van der Waals surface area contributed by atoms with Crippen LogP contribution in [0.2, 0.25) is 0 Å². The van der Waals surface area contributed by atoms with Crippen molar-refractivity contribution in [3.63, 3.8) is 0 Å². The molecule has 0 N–H and O–H groups in total. The number of para-hydroxylation sites is 2. The van der Waals surface area contributed by atoms with Crippen LogP contribution in [0.15, 0.2) is 71.8 Å². The van der Waals surface area contributed by atoms with E-state index in [9.17, 15) is 15.3 Å². The lowest BCUT2D eigenvalue weighted by atomic mass is 10.1. The van der Waals surface area contributed by atoms with Gasteiger partial charge in [0.1, 0.15) is 12.1 Å². The van der Waals surface area contributed by atoms with Crippen molar-refractivity contribution in [2.75, 3.05) is 10.7 Å². The highest BCUT2D eigenvalue weighted by atomic mass is 32.2. The largest absolute Gasteiger partial charge is 0.279 e. The van der Waals surface area contributed by atoms with E-state index in [1.165, 1.54) is 11.8 Å². The monoisotopic (exact) mass is 419 g/mol. The Morgan fingerprint density at radius 3 is 2.52 bits per heavy atom. The maximum atomic E-state index is 12.9. The molecule has 0 saturated heterocycles. The van der Waals surface area contributed by atoms with Crippen molar-refractivity contribution in [2.24, 2.45) is 0 Å². The first-order valence-corrected chi connectivity index (χ1v) is 10.4. The van der Waals surface area contributed by atoms with E-state index < -0.39 is 0 Å². The summed E-state index contributed by atoms with van der Waals surface area (Å²) in [7, 11) is 0. The summed E-state index contributed by atoms with van der Waals surface area (Å²) in [5, 5.41) is 18.7. The Kier molecular flexibility index (Phi) is 4.59. The molecular weight excluding hydrogens is 406 g/mol. The molecule has 6 nitrogen and oxygen atoms in total. The Morgan fingerprint density at radius 2 is 1.71 bits per heavy atom. The molecule has 146 valence electrons. The third-order valence-corrected chi connectivity index (χ3v) is 6.06.